The van der Waals surface area contributed by atoms with Crippen molar-refractivity contribution in [1.82, 2.24) is 9.97 Å². The molecule has 6 heteroatoms. The van der Waals surface area contributed by atoms with Crippen LogP contribution in [0.25, 0.3) is 11.1 Å². The van der Waals surface area contributed by atoms with Crippen LogP contribution < -0.4 is 15.4 Å². The predicted molar refractivity (Wildman–Crippen MR) is 104 cm³/mol. The first-order valence-corrected chi connectivity index (χ1v) is 8.87. The largest absolute Gasteiger partial charge is 0.472 e. The third kappa shape index (κ3) is 3.74. The van der Waals surface area contributed by atoms with Crippen LogP contribution in [0.4, 0.5) is 5.69 Å². The smallest absolute Gasteiger partial charge is 0.250 e. The Bertz CT molecular complexity index is 931. The minimum atomic E-state index is -0.435. The lowest BCUT2D eigenvalue weighted by Gasteiger charge is -2.22. The van der Waals surface area contributed by atoms with Gasteiger partial charge < -0.3 is 15.4 Å². The molecule has 136 valence electrons. The Morgan fingerprint density at radius 3 is 2.67 bits per heavy atom. The van der Waals surface area contributed by atoms with Crippen molar-refractivity contribution in [2.75, 3.05) is 18.0 Å². The predicted octanol–water partition coefficient (Wildman–Crippen LogP) is 2.90. The van der Waals surface area contributed by atoms with Gasteiger partial charge in [-0.15, -0.1) is 0 Å². The second kappa shape index (κ2) is 7.45. The standard InChI is InChI=1S/C21H20N4O2/c22-21(26)18-13-16(15-6-10-23-11-7-15)4-5-19(18)25-12-8-17(14-25)27-20-3-1-2-9-24-20/h1-7,9-11,13,17H,8,12,14H2,(H2,22,26)/t17-/m1/s1. The first-order valence-electron chi connectivity index (χ1n) is 8.87. The van der Waals surface area contributed by atoms with Crippen LogP contribution in [0.2, 0.25) is 0 Å². The number of benzene rings is 1. The molecule has 1 fully saturated rings. The van der Waals surface area contributed by atoms with Gasteiger partial charge in [0.15, 0.2) is 0 Å². The molecule has 1 aromatic carbocycles. The van der Waals surface area contributed by atoms with Gasteiger partial charge >= 0.3 is 0 Å². The second-order valence-corrected chi connectivity index (χ2v) is 6.47. The van der Waals surface area contributed by atoms with Gasteiger partial charge in [-0.3, -0.25) is 9.78 Å². The van der Waals surface area contributed by atoms with Crippen molar-refractivity contribution in [1.29, 1.82) is 0 Å². The maximum atomic E-state index is 12.1. The van der Waals surface area contributed by atoms with Crippen LogP contribution in [0.15, 0.2) is 67.1 Å². The monoisotopic (exact) mass is 360 g/mol. The molecular weight excluding hydrogens is 340 g/mol. The van der Waals surface area contributed by atoms with Crippen molar-refractivity contribution in [3.05, 3.63) is 72.7 Å². The van der Waals surface area contributed by atoms with Crippen LogP contribution in [0.1, 0.15) is 16.8 Å². The zero-order valence-electron chi connectivity index (χ0n) is 14.8. The Kier molecular flexibility index (Phi) is 4.70. The summed E-state index contributed by atoms with van der Waals surface area (Å²) in [6, 6.07) is 15.2. The number of primary amides is 1. The molecule has 0 aliphatic carbocycles. The van der Waals surface area contributed by atoms with Gasteiger partial charge in [0.1, 0.15) is 6.10 Å². The lowest BCUT2D eigenvalue weighted by molar-refractivity contribution is 0.100. The first-order chi connectivity index (χ1) is 13.2. The van der Waals surface area contributed by atoms with E-state index in [1.54, 1.807) is 18.6 Å². The van der Waals surface area contributed by atoms with E-state index in [-0.39, 0.29) is 6.10 Å². The topological polar surface area (TPSA) is 81.3 Å². The highest BCUT2D eigenvalue weighted by Crippen LogP contribution is 2.30. The Morgan fingerprint density at radius 2 is 1.93 bits per heavy atom. The SMILES string of the molecule is NC(=O)c1cc(-c2ccncc2)ccc1N1CC[C@@H](Oc2ccccn2)C1. The summed E-state index contributed by atoms with van der Waals surface area (Å²) in [4.78, 5) is 22.5. The molecule has 1 aliphatic heterocycles. The normalized spacial score (nSPS) is 16.3. The van der Waals surface area contributed by atoms with Crippen LogP contribution in [-0.4, -0.2) is 35.1 Å². The Labute approximate surface area is 157 Å². The maximum absolute atomic E-state index is 12.1. The maximum Gasteiger partial charge on any atom is 0.250 e. The molecule has 1 aliphatic rings. The fourth-order valence-corrected chi connectivity index (χ4v) is 3.36. The van der Waals surface area contributed by atoms with Gasteiger partial charge in [-0.05, 0) is 41.5 Å². The molecular formula is C21H20N4O2. The van der Waals surface area contributed by atoms with E-state index in [2.05, 4.69) is 14.9 Å². The fourth-order valence-electron chi connectivity index (χ4n) is 3.36. The summed E-state index contributed by atoms with van der Waals surface area (Å²) in [6.07, 6.45) is 6.06. The van der Waals surface area contributed by atoms with E-state index in [0.29, 0.717) is 18.0 Å². The number of nitrogens with zero attached hydrogens (tertiary/aromatic N) is 3. The molecule has 3 aromatic rings. The Hall–Kier alpha value is -3.41. The van der Waals surface area contributed by atoms with Gasteiger partial charge in [0, 0.05) is 43.3 Å². The lowest BCUT2D eigenvalue weighted by atomic mass is 10.0. The van der Waals surface area contributed by atoms with Crippen molar-refractivity contribution in [3.8, 4) is 17.0 Å². The molecule has 2 N–H and O–H groups in total. The molecule has 0 saturated carbocycles. The minimum absolute atomic E-state index is 0.0282. The van der Waals surface area contributed by atoms with E-state index in [9.17, 15) is 4.79 Å². The molecule has 2 aromatic heterocycles. The number of ether oxygens (including phenoxy) is 1. The molecule has 4 rings (SSSR count). The van der Waals surface area contributed by atoms with E-state index in [1.807, 2.05) is 48.5 Å². The van der Waals surface area contributed by atoms with Gasteiger partial charge in [-0.1, -0.05) is 12.1 Å². The number of carbonyl (C=O) groups is 1. The molecule has 27 heavy (non-hydrogen) atoms. The number of hydrogen-bond donors (Lipinski definition) is 1. The average molecular weight is 360 g/mol. The van der Waals surface area contributed by atoms with Crippen LogP contribution in [0.3, 0.4) is 0 Å². The number of anilines is 1. The van der Waals surface area contributed by atoms with Gasteiger partial charge in [-0.2, -0.15) is 0 Å². The minimum Gasteiger partial charge on any atom is -0.472 e. The Balaban J connectivity index is 1.56. The second-order valence-electron chi connectivity index (χ2n) is 6.47. The van der Waals surface area contributed by atoms with E-state index >= 15 is 0 Å². The highest BCUT2D eigenvalue weighted by Gasteiger charge is 2.27. The van der Waals surface area contributed by atoms with Gasteiger partial charge in [0.2, 0.25) is 5.88 Å². The number of pyridine rings is 2. The molecule has 3 heterocycles. The first kappa shape index (κ1) is 17.0. The summed E-state index contributed by atoms with van der Waals surface area (Å²) in [5, 5.41) is 0. The summed E-state index contributed by atoms with van der Waals surface area (Å²) in [6.45, 7) is 1.48. The molecule has 1 saturated heterocycles. The summed E-state index contributed by atoms with van der Waals surface area (Å²) >= 11 is 0. The van der Waals surface area contributed by atoms with Crippen LogP contribution >= 0.6 is 0 Å². The van der Waals surface area contributed by atoms with E-state index in [1.165, 1.54) is 0 Å². The number of nitrogens with two attached hydrogens (primary N) is 1. The number of hydrogen-bond acceptors (Lipinski definition) is 5. The third-order valence-corrected chi connectivity index (χ3v) is 4.69. The van der Waals surface area contributed by atoms with Gasteiger partial charge in [0.05, 0.1) is 12.1 Å². The van der Waals surface area contributed by atoms with Crippen molar-refractivity contribution >= 4 is 11.6 Å². The molecule has 0 bridgehead atoms. The molecule has 0 radical (unpaired) electrons. The summed E-state index contributed by atoms with van der Waals surface area (Å²) < 4.78 is 5.94. The molecule has 1 amide bonds. The van der Waals surface area contributed by atoms with Crippen LogP contribution in [-0.2, 0) is 0 Å². The Morgan fingerprint density at radius 1 is 1.07 bits per heavy atom. The number of carbonyl (C=O) groups excluding carboxylic acids is 1. The zero-order chi connectivity index (χ0) is 18.6. The highest BCUT2D eigenvalue weighted by molar-refractivity contribution is 6.00. The molecule has 0 unspecified atom stereocenters. The zero-order valence-corrected chi connectivity index (χ0v) is 14.8. The average Bonchev–Trinajstić information content (AvgIpc) is 3.17. The fraction of sp³-hybridized carbons (Fsp3) is 0.190. The summed E-state index contributed by atoms with van der Waals surface area (Å²) in [7, 11) is 0. The van der Waals surface area contributed by atoms with Crippen LogP contribution in [0.5, 0.6) is 5.88 Å². The van der Waals surface area contributed by atoms with Crippen molar-refractivity contribution in [2.24, 2.45) is 5.73 Å². The molecule has 6 nitrogen and oxygen atoms in total. The third-order valence-electron chi connectivity index (χ3n) is 4.69. The van der Waals surface area contributed by atoms with Crippen molar-refractivity contribution in [2.45, 2.75) is 12.5 Å². The number of aromatic nitrogens is 2. The quantitative estimate of drug-likeness (QED) is 0.757. The van der Waals surface area contributed by atoms with E-state index in [4.69, 9.17) is 10.5 Å². The highest BCUT2D eigenvalue weighted by atomic mass is 16.5. The van der Waals surface area contributed by atoms with Gasteiger partial charge in [0.25, 0.3) is 5.91 Å². The van der Waals surface area contributed by atoms with Crippen LogP contribution in [0, 0.1) is 0 Å². The van der Waals surface area contributed by atoms with Crippen molar-refractivity contribution in [3.63, 3.8) is 0 Å². The van der Waals surface area contributed by atoms with Crippen molar-refractivity contribution < 1.29 is 9.53 Å². The lowest BCUT2D eigenvalue weighted by Crippen LogP contribution is -2.27. The van der Waals surface area contributed by atoms with E-state index in [0.717, 1.165) is 29.8 Å². The molecule has 1 atom stereocenters. The number of rotatable bonds is 5. The van der Waals surface area contributed by atoms with E-state index < -0.39 is 5.91 Å². The summed E-state index contributed by atoms with van der Waals surface area (Å²) in [5.41, 5.74) is 8.96. The van der Waals surface area contributed by atoms with Gasteiger partial charge in [-0.25, -0.2) is 4.98 Å². The summed E-state index contributed by atoms with van der Waals surface area (Å²) in [5.74, 6) is 0.183. The molecule has 0 spiro atoms. The number of amides is 1.